The molecule has 0 saturated carbocycles. The van der Waals surface area contributed by atoms with Gasteiger partial charge in [-0.3, -0.25) is 14.4 Å². The van der Waals surface area contributed by atoms with Crippen LogP contribution in [-0.4, -0.2) is 37.2 Å². The van der Waals surface area contributed by atoms with Crippen molar-refractivity contribution in [2.24, 2.45) is 0 Å². The van der Waals surface area contributed by atoms with Crippen molar-refractivity contribution in [3.63, 3.8) is 0 Å². The molecule has 0 aromatic heterocycles. The Morgan fingerprint density at radius 3 is 0.922 bits per heavy atom. The predicted octanol–water partition coefficient (Wildman–Crippen LogP) is 18.5. The summed E-state index contributed by atoms with van der Waals surface area (Å²) < 4.78 is 16.8. The van der Waals surface area contributed by atoms with Crippen LogP contribution in [0.4, 0.5) is 0 Å². The van der Waals surface area contributed by atoms with Gasteiger partial charge in [0.25, 0.3) is 0 Å². The van der Waals surface area contributed by atoms with E-state index in [9.17, 15) is 14.4 Å². The van der Waals surface area contributed by atoms with Gasteiger partial charge in [0.2, 0.25) is 0 Å². The van der Waals surface area contributed by atoms with Crippen molar-refractivity contribution in [3.05, 3.63) is 36.5 Å². The molecular formula is C58H106O6. The van der Waals surface area contributed by atoms with Crippen molar-refractivity contribution in [1.29, 1.82) is 0 Å². The fraction of sp³-hybridized carbons (Fsp3) is 0.845. The van der Waals surface area contributed by atoms with Crippen molar-refractivity contribution < 1.29 is 28.6 Å². The molecule has 0 rings (SSSR count). The highest BCUT2D eigenvalue weighted by atomic mass is 16.6. The molecule has 0 saturated heterocycles. The Kier molecular flexibility index (Phi) is 51.3. The van der Waals surface area contributed by atoms with Crippen LogP contribution in [0.25, 0.3) is 0 Å². The van der Waals surface area contributed by atoms with Gasteiger partial charge in [-0.1, -0.05) is 237 Å². The summed E-state index contributed by atoms with van der Waals surface area (Å²) in [5.74, 6) is -0.876. The van der Waals surface area contributed by atoms with E-state index in [-0.39, 0.29) is 31.1 Å². The first kappa shape index (κ1) is 61.6. The standard InChI is InChI=1S/C58H106O6/c1-4-7-10-13-16-19-22-25-27-29-31-33-36-39-42-45-48-51-57(60)63-54-55(53-62-56(59)50-47-44-41-38-35-32-24-21-18-15-12-9-6-3)64-58(61)52-49-46-43-40-37-34-30-28-26-23-20-17-14-11-8-5-2/h16,19,21,24-25,27,55H,4-15,17-18,20,22-23,26,28-54H2,1-3H3/b19-16-,24-21-,27-25-/t55-/m1/s1. The Bertz CT molecular complexity index is 1080. The highest BCUT2D eigenvalue weighted by Crippen LogP contribution is 2.16. The summed E-state index contributed by atoms with van der Waals surface area (Å²) in [6.07, 6.45) is 62.7. The second-order valence-corrected chi connectivity index (χ2v) is 18.8. The molecule has 6 heteroatoms. The Hall–Kier alpha value is -2.37. The first-order valence-corrected chi connectivity index (χ1v) is 28.0. The van der Waals surface area contributed by atoms with Crippen LogP contribution in [0.3, 0.4) is 0 Å². The van der Waals surface area contributed by atoms with E-state index in [2.05, 4.69) is 57.2 Å². The van der Waals surface area contributed by atoms with E-state index in [0.29, 0.717) is 19.3 Å². The topological polar surface area (TPSA) is 78.9 Å². The van der Waals surface area contributed by atoms with Crippen molar-refractivity contribution in [2.75, 3.05) is 13.2 Å². The minimum Gasteiger partial charge on any atom is -0.462 e. The first-order valence-electron chi connectivity index (χ1n) is 28.0. The molecule has 0 radical (unpaired) electrons. The van der Waals surface area contributed by atoms with Gasteiger partial charge < -0.3 is 14.2 Å². The van der Waals surface area contributed by atoms with Crippen molar-refractivity contribution in [2.45, 2.75) is 303 Å². The molecule has 374 valence electrons. The lowest BCUT2D eigenvalue weighted by molar-refractivity contribution is -0.167. The van der Waals surface area contributed by atoms with Gasteiger partial charge in [0.1, 0.15) is 13.2 Å². The number of unbranched alkanes of at least 4 members (excludes halogenated alkanes) is 34. The van der Waals surface area contributed by atoms with E-state index in [1.807, 2.05) is 0 Å². The minimum atomic E-state index is -0.775. The molecule has 0 spiro atoms. The third-order valence-electron chi connectivity index (χ3n) is 12.4. The third kappa shape index (κ3) is 50.6. The lowest BCUT2D eigenvalue weighted by Gasteiger charge is -2.18. The average molecular weight is 899 g/mol. The average Bonchev–Trinajstić information content (AvgIpc) is 3.29. The highest BCUT2D eigenvalue weighted by molar-refractivity contribution is 5.71. The molecule has 0 unspecified atom stereocenters. The van der Waals surface area contributed by atoms with Crippen LogP contribution in [0.5, 0.6) is 0 Å². The zero-order valence-corrected chi connectivity index (χ0v) is 42.8. The van der Waals surface area contributed by atoms with Crippen molar-refractivity contribution in [1.82, 2.24) is 0 Å². The Labute approximate surface area is 397 Å². The molecular weight excluding hydrogens is 793 g/mol. The molecule has 0 amide bonds. The molecule has 64 heavy (non-hydrogen) atoms. The van der Waals surface area contributed by atoms with E-state index in [1.165, 1.54) is 180 Å². The highest BCUT2D eigenvalue weighted by Gasteiger charge is 2.19. The number of allylic oxidation sites excluding steroid dienone is 6. The zero-order chi connectivity index (χ0) is 46.5. The van der Waals surface area contributed by atoms with Crippen molar-refractivity contribution >= 4 is 17.9 Å². The van der Waals surface area contributed by atoms with E-state index < -0.39 is 6.10 Å². The number of hydrogen-bond donors (Lipinski definition) is 0. The predicted molar refractivity (Wildman–Crippen MR) is 275 cm³/mol. The van der Waals surface area contributed by atoms with Crippen LogP contribution in [0.2, 0.25) is 0 Å². The summed E-state index contributed by atoms with van der Waals surface area (Å²) >= 11 is 0. The van der Waals surface area contributed by atoms with E-state index in [1.54, 1.807) is 0 Å². The number of carbonyl (C=O) groups excluding carboxylic acids is 3. The van der Waals surface area contributed by atoms with Crippen molar-refractivity contribution in [3.8, 4) is 0 Å². The van der Waals surface area contributed by atoms with Crippen LogP contribution < -0.4 is 0 Å². The van der Waals surface area contributed by atoms with Gasteiger partial charge in [-0.15, -0.1) is 0 Å². The van der Waals surface area contributed by atoms with Gasteiger partial charge in [-0.05, 0) is 77.0 Å². The summed E-state index contributed by atoms with van der Waals surface area (Å²) in [4.78, 5) is 38.1. The quantitative estimate of drug-likeness (QED) is 0.0262. The van der Waals surface area contributed by atoms with Crippen LogP contribution >= 0.6 is 0 Å². The molecule has 0 fully saturated rings. The monoisotopic (exact) mass is 899 g/mol. The number of hydrogen-bond acceptors (Lipinski definition) is 6. The fourth-order valence-corrected chi connectivity index (χ4v) is 8.12. The fourth-order valence-electron chi connectivity index (χ4n) is 8.12. The second-order valence-electron chi connectivity index (χ2n) is 18.8. The Balaban J connectivity index is 4.36. The first-order chi connectivity index (χ1) is 31.5. The molecule has 6 nitrogen and oxygen atoms in total. The second kappa shape index (κ2) is 53.2. The maximum atomic E-state index is 12.8. The molecule has 0 aromatic rings. The number of rotatable bonds is 51. The van der Waals surface area contributed by atoms with Gasteiger partial charge >= 0.3 is 17.9 Å². The van der Waals surface area contributed by atoms with E-state index in [4.69, 9.17) is 14.2 Å². The lowest BCUT2D eigenvalue weighted by Crippen LogP contribution is -2.30. The molecule has 0 aliphatic rings. The third-order valence-corrected chi connectivity index (χ3v) is 12.4. The van der Waals surface area contributed by atoms with E-state index in [0.717, 1.165) is 77.0 Å². The lowest BCUT2D eigenvalue weighted by atomic mass is 10.0. The Morgan fingerprint density at radius 2 is 0.562 bits per heavy atom. The summed E-state index contributed by atoms with van der Waals surface area (Å²) in [5.41, 5.74) is 0. The van der Waals surface area contributed by atoms with Gasteiger partial charge in [0, 0.05) is 19.3 Å². The molecule has 0 aromatic carbocycles. The molecule has 1 atom stereocenters. The summed E-state index contributed by atoms with van der Waals surface area (Å²) in [5, 5.41) is 0. The van der Waals surface area contributed by atoms with Gasteiger partial charge in [0.05, 0.1) is 0 Å². The normalized spacial score (nSPS) is 12.2. The summed E-state index contributed by atoms with van der Waals surface area (Å²) in [7, 11) is 0. The van der Waals surface area contributed by atoms with Crippen LogP contribution in [0, 0.1) is 0 Å². The van der Waals surface area contributed by atoms with Crippen LogP contribution in [-0.2, 0) is 28.6 Å². The van der Waals surface area contributed by atoms with Crippen LogP contribution in [0.15, 0.2) is 36.5 Å². The number of esters is 3. The maximum absolute atomic E-state index is 12.8. The number of carbonyl (C=O) groups is 3. The minimum absolute atomic E-state index is 0.0757. The van der Waals surface area contributed by atoms with E-state index >= 15 is 0 Å². The zero-order valence-electron chi connectivity index (χ0n) is 42.8. The summed E-state index contributed by atoms with van der Waals surface area (Å²) in [6.45, 7) is 6.62. The van der Waals surface area contributed by atoms with Gasteiger partial charge in [-0.2, -0.15) is 0 Å². The maximum Gasteiger partial charge on any atom is 0.306 e. The molecule has 0 N–H and O–H groups in total. The Morgan fingerprint density at radius 1 is 0.312 bits per heavy atom. The molecule has 0 bridgehead atoms. The summed E-state index contributed by atoms with van der Waals surface area (Å²) in [6, 6.07) is 0. The SMILES string of the molecule is CCCCC/C=C\C/C=C\CCCCCCCCCC(=O)OC[C@@H](COC(=O)CCCCCCC/C=C\CCCCCC)OC(=O)CCCCCCCCCCCCCCCCCC. The van der Waals surface area contributed by atoms with Gasteiger partial charge in [-0.25, -0.2) is 0 Å². The number of ether oxygens (including phenoxy) is 3. The smallest absolute Gasteiger partial charge is 0.306 e. The molecule has 0 aliphatic carbocycles. The van der Waals surface area contributed by atoms with Gasteiger partial charge in [0.15, 0.2) is 6.10 Å². The van der Waals surface area contributed by atoms with Crippen LogP contribution in [0.1, 0.15) is 297 Å². The molecule has 0 aliphatic heterocycles. The molecule has 0 heterocycles. The largest absolute Gasteiger partial charge is 0.462 e.